The SMILES string of the molecule is CC(CN(C)C(=O)C1CC1C)C(=O)O. The van der Waals surface area contributed by atoms with Crippen LogP contribution in [-0.4, -0.2) is 35.5 Å². The summed E-state index contributed by atoms with van der Waals surface area (Å²) in [7, 11) is 1.67. The van der Waals surface area contributed by atoms with Crippen molar-refractivity contribution in [2.75, 3.05) is 13.6 Å². The maximum Gasteiger partial charge on any atom is 0.308 e. The third-order valence-electron chi connectivity index (χ3n) is 2.77. The standard InChI is InChI=1S/C10H17NO3/c1-6-4-8(6)9(12)11(3)5-7(2)10(13)14/h6-8H,4-5H2,1-3H3,(H,13,14). The van der Waals surface area contributed by atoms with E-state index in [-0.39, 0.29) is 11.8 Å². The van der Waals surface area contributed by atoms with Crippen LogP contribution in [0.25, 0.3) is 0 Å². The summed E-state index contributed by atoms with van der Waals surface area (Å²) in [6, 6.07) is 0. The number of hydrogen-bond acceptors (Lipinski definition) is 2. The molecule has 1 aliphatic carbocycles. The predicted octanol–water partition coefficient (Wildman–Crippen LogP) is 0.821. The van der Waals surface area contributed by atoms with Crippen LogP contribution in [0.4, 0.5) is 0 Å². The molecule has 0 aromatic carbocycles. The number of hydrogen-bond donors (Lipinski definition) is 1. The molecule has 0 bridgehead atoms. The minimum Gasteiger partial charge on any atom is -0.481 e. The van der Waals surface area contributed by atoms with Crippen LogP contribution in [0.3, 0.4) is 0 Å². The van der Waals surface area contributed by atoms with E-state index >= 15 is 0 Å². The van der Waals surface area contributed by atoms with Gasteiger partial charge in [0.15, 0.2) is 0 Å². The molecule has 0 aromatic heterocycles. The summed E-state index contributed by atoms with van der Waals surface area (Å²) < 4.78 is 0. The molecule has 0 heterocycles. The van der Waals surface area contributed by atoms with Gasteiger partial charge in [-0.15, -0.1) is 0 Å². The molecule has 0 radical (unpaired) electrons. The van der Waals surface area contributed by atoms with Gasteiger partial charge in [-0.25, -0.2) is 0 Å². The molecular formula is C10H17NO3. The van der Waals surface area contributed by atoms with Crippen molar-refractivity contribution in [3.05, 3.63) is 0 Å². The van der Waals surface area contributed by atoms with Crippen LogP contribution in [0.5, 0.6) is 0 Å². The molecule has 3 unspecified atom stereocenters. The molecular weight excluding hydrogens is 182 g/mol. The van der Waals surface area contributed by atoms with Gasteiger partial charge >= 0.3 is 5.97 Å². The van der Waals surface area contributed by atoms with Gasteiger partial charge in [-0.05, 0) is 12.3 Å². The summed E-state index contributed by atoms with van der Waals surface area (Å²) >= 11 is 0. The third kappa shape index (κ3) is 2.47. The zero-order valence-electron chi connectivity index (χ0n) is 8.86. The molecule has 4 nitrogen and oxygen atoms in total. The molecule has 1 fully saturated rings. The van der Waals surface area contributed by atoms with Crippen molar-refractivity contribution in [3.8, 4) is 0 Å². The lowest BCUT2D eigenvalue weighted by Crippen LogP contribution is -2.34. The minimum absolute atomic E-state index is 0.0885. The number of amides is 1. The summed E-state index contributed by atoms with van der Waals surface area (Å²) in [5.41, 5.74) is 0. The van der Waals surface area contributed by atoms with E-state index < -0.39 is 11.9 Å². The van der Waals surface area contributed by atoms with Crippen molar-refractivity contribution < 1.29 is 14.7 Å². The van der Waals surface area contributed by atoms with Crippen LogP contribution in [0.15, 0.2) is 0 Å². The third-order valence-corrected chi connectivity index (χ3v) is 2.77. The summed E-state index contributed by atoms with van der Waals surface area (Å²) in [5, 5.41) is 8.68. The van der Waals surface area contributed by atoms with Crippen molar-refractivity contribution in [1.82, 2.24) is 4.90 Å². The number of aliphatic carboxylic acids is 1. The van der Waals surface area contributed by atoms with Gasteiger partial charge in [-0.2, -0.15) is 0 Å². The van der Waals surface area contributed by atoms with Crippen LogP contribution in [0.1, 0.15) is 20.3 Å². The van der Waals surface area contributed by atoms with Gasteiger partial charge in [0.2, 0.25) is 5.91 Å². The van der Waals surface area contributed by atoms with Gasteiger partial charge in [0.1, 0.15) is 0 Å². The monoisotopic (exact) mass is 199 g/mol. The van der Waals surface area contributed by atoms with Crippen LogP contribution in [0.2, 0.25) is 0 Å². The lowest BCUT2D eigenvalue weighted by Gasteiger charge is -2.19. The molecule has 14 heavy (non-hydrogen) atoms. The molecule has 0 aliphatic heterocycles. The first-order chi connectivity index (χ1) is 6.43. The van der Waals surface area contributed by atoms with Crippen LogP contribution in [-0.2, 0) is 9.59 Å². The van der Waals surface area contributed by atoms with Crippen LogP contribution in [0, 0.1) is 17.8 Å². The largest absolute Gasteiger partial charge is 0.481 e. The van der Waals surface area contributed by atoms with E-state index in [1.807, 2.05) is 6.92 Å². The Morgan fingerprint density at radius 1 is 1.57 bits per heavy atom. The maximum absolute atomic E-state index is 11.6. The lowest BCUT2D eigenvalue weighted by atomic mass is 10.1. The topological polar surface area (TPSA) is 57.6 Å². The average Bonchev–Trinajstić information content (AvgIpc) is 2.80. The molecule has 1 aliphatic rings. The summed E-state index contributed by atoms with van der Waals surface area (Å²) in [6.07, 6.45) is 0.949. The number of carboxylic acids is 1. The normalized spacial score (nSPS) is 26.8. The fraction of sp³-hybridized carbons (Fsp3) is 0.800. The Hall–Kier alpha value is -1.06. The fourth-order valence-corrected chi connectivity index (χ4v) is 1.53. The Balaban J connectivity index is 2.38. The number of carbonyl (C=O) groups is 2. The molecule has 1 saturated carbocycles. The van der Waals surface area contributed by atoms with Crippen LogP contribution < -0.4 is 0 Å². The number of rotatable bonds is 4. The van der Waals surface area contributed by atoms with Gasteiger partial charge in [-0.3, -0.25) is 9.59 Å². The van der Waals surface area contributed by atoms with Gasteiger partial charge in [0.25, 0.3) is 0 Å². The number of carbonyl (C=O) groups excluding carboxylic acids is 1. The predicted molar refractivity (Wildman–Crippen MR) is 51.7 cm³/mol. The maximum atomic E-state index is 11.6. The Kier molecular flexibility index (Phi) is 3.13. The van der Waals surface area contributed by atoms with Crippen molar-refractivity contribution in [2.45, 2.75) is 20.3 Å². The van der Waals surface area contributed by atoms with Crippen molar-refractivity contribution in [2.24, 2.45) is 17.8 Å². The zero-order chi connectivity index (χ0) is 10.9. The van der Waals surface area contributed by atoms with E-state index in [1.165, 1.54) is 4.90 Å². The Bertz CT molecular complexity index is 252. The van der Waals surface area contributed by atoms with E-state index in [2.05, 4.69) is 0 Å². The second-order valence-electron chi connectivity index (χ2n) is 4.28. The molecule has 80 valence electrons. The highest BCUT2D eigenvalue weighted by Crippen LogP contribution is 2.38. The van der Waals surface area contributed by atoms with E-state index in [4.69, 9.17) is 5.11 Å². The lowest BCUT2D eigenvalue weighted by molar-refractivity contribution is -0.142. The smallest absolute Gasteiger partial charge is 0.308 e. The van der Waals surface area contributed by atoms with Gasteiger partial charge in [0.05, 0.1) is 5.92 Å². The Morgan fingerprint density at radius 3 is 2.43 bits per heavy atom. The van der Waals surface area contributed by atoms with Gasteiger partial charge in [-0.1, -0.05) is 13.8 Å². The summed E-state index contributed by atoms with van der Waals surface area (Å²) in [4.78, 5) is 23.7. The second kappa shape index (κ2) is 3.98. The molecule has 0 aromatic rings. The highest BCUT2D eigenvalue weighted by atomic mass is 16.4. The van der Waals surface area contributed by atoms with Crippen molar-refractivity contribution in [1.29, 1.82) is 0 Å². The highest BCUT2D eigenvalue weighted by Gasteiger charge is 2.40. The Morgan fingerprint density at radius 2 is 2.07 bits per heavy atom. The molecule has 0 spiro atoms. The first-order valence-corrected chi connectivity index (χ1v) is 4.91. The zero-order valence-corrected chi connectivity index (χ0v) is 8.86. The van der Waals surface area contributed by atoms with Crippen molar-refractivity contribution in [3.63, 3.8) is 0 Å². The summed E-state index contributed by atoms with van der Waals surface area (Å²) in [6.45, 7) is 3.96. The minimum atomic E-state index is -0.853. The first kappa shape index (κ1) is 11.0. The molecule has 1 N–H and O–H groups in total. The molecule has 4 heteroatoms. The van der Waals surface area contributed by atoms with E-state index in [0.717, 1.165) is 6.42 Å². The quantitative estimate of drug-likeness (QED) is 0.729. The first-order valence-electron chi connectivity index (χ1n) is 4.91. The van der Waals surface area contributed by atoms with Gasteiger partial charge in [0, 0.05) is 19.5 Å². The molecule has 0 saturated heterocycles. The van der Waals surface area contributed by atoms with E-state index in [1.54, 1.807) is 14.0 Å². The molecule has 1 amide bonds. The summed E-state index contributed by atoms with van der Waals surface area (Å²) in [5.74, 6) is -0.636. The van der Waals surface area contributed by atoms with Crippen LogP contribution >= 0.6 is 0 Å². The Labute approximate surface area is 83.9 Å². The average molecular weight is 199 g/mol. The number of nitrogens with zero attached hydrogens (tertiary/aromatic N) is 1. The second-order valence-corrected chi connectivity index (χ2v) is 4.28. The van der Waals surface area contributed by atoms with E-state index in [0.29, 0.717) is 12.5 Å². The highest BCUT2D eigenvalue weighted by molar-refractivity contribution is 5.82. The molecule has 3 atom stereocenters. The molecule has 1 rings (SSSR count). The van der Waals surface area contributed by atoms with Crippen molar-refractivity contribution >= 4 is 11.9 Å². The number of carboxylic acid groups (broad SMARTS) is 1. The fourth-order valence-electron chi connectivity index (χ4n) is 1.53. The van der Waals surface area contributed by atoms with E-state index in [9.17, 15) is 9.59 Å². The van der Waals surface area contributed by atoms with Gasteiger partial charge < -0.3 is 10.0 Å².